The quantitative estimate of drug-likeness (QED) is 0.646. The third kappa shape index (κ3) is 3.32. The zero-order valence-corrected chi connectivity index (χ0v) is 16.8. The Bertz CT molecular complexity index is 1120. The van der Waals surface area contributed by atoms with E-state index in [0.29, 0.717) is 6.42 Å². The smallest absolute Gasteiger partial charge is 0.163 e. The number of carbonyl (C=O) groups is 1. The molecular formula is C25H23N3O2. The fourth-order valence-corrected chi connectivity index (χ4v) is 4.42. The minimum Gasteiger partial charge on any atom is -0.497 e. The van der Waals surface area contributed by atoms with Crippen LogP contribution in [0, 0.1) is 0 Å². The summed E-state index contributed by atoms with van der Waals surface area (Å²) in [5, 5.41) is 7.14. The maximum atomic E-state index is 13.5. The van der Waals surface area contributed by atoms with Crippen molar-refractivity contribution < 1.29 is 9.53 Å². The van der Waals surface area contributed by atoms with Crippen LogP contribution in [-0.2, 0) is 4.79 Å². The molecule has 2 atom stereocenters. The normalized spacial score (nSPS) is 20.4. The van der Waals surface area contributed by atoms with Gasteiger partial charge in [-0.1, -0.05) is 30.3 Å². The topological polar surface area (TPSA) is 63.2 Å². The highest BCUT2D eigenvalue weighted by molar-refractivity contribution is 6.01. The number of hydrogen-bond donors (Lipinski definition) is 2. The van der Waals surface area contributed by atoms with Gasteiger partial charge in [-0.05, 0) is 53.8 Å². The number of benzene rings is 2. The highest BCUT2D eigenvalue weighted by Gasteiger charge is 2.36. The van der Waals surface area contributed by atoms with Crippen LogP contribution in [0.5, 0.6) is 5.75 Å². The molecule has 1 aliphatic heterocycles. The van der Waals surface area contributed by atoms with Crippen molar-refractivity contribution in [1.29, 1.82) is 0 Å². The van der Waals surface area contributed by atoms with E-state index in [1.807, 2.05) is 60.8 Å². The van der Waals surface area contributed by atoms with Gasteiger partial charge in [0.25, 0.3) is 0 Å². The average molecular weight is 397 g/mol. The van der Waals surface area contributed by atoms with E-state index in [0.717, 1.165) is 45.9 Å². The maximum absolute atomic E-state index is 13.5. The molecule has 0 saturated carbocycles. The second kappa shape index (κ2) is 7.67. The number of carbonyl (C=O) groups excluding carboxylic acids is 1. The number of aromatic nitrogens is 1. The van der Waals surface area contributed by atoms with Crippen molar-refractivity contribution >= 4 is 17.2 Å². The summed E-state index contributed by atoms with van der Waals surface area (Å²) in [6.07, 6.45) is 4.82. The van der Waals surface area contributed by atoms with E-state index < -0.39 is 0 Å². The van der Waals surface area contributed by atoms with Gasteiger partial charge >= 0.3 is 0 Å². The highest BCUT2D eigenvalue weighted by atomic mass is 16.5. The number of ketones is 1. The summed E-state index contributed by atoms with van der Waals surface area (Å²) in [7, 11) is 1.67. The number of pyridine rings is 1. The van der Waals surface area contributed by atoms with Gasteiger partial charge in [-0.3, -0.25) is 9.78 Å². The molecule has 30 heavy (non-hydrogen) atoms. The van der Waals surface area contributed by atoms with Crippen LogP contribution in [-0.4, -0.2) is 17.9 Å². The first-order valence-electron chi connectivity index (χ1n) is 10.2. The predicted molar refractivity (Wildman–Crippen MR) is 118 cm³/mol. The number of Topliss-reactive ketones (excluding diaryl/α,β-unsaturated/α-hetero) is 1. The number of para-hydroxylation sites is 2. The van der Waals surface area contributed by atoms with Crippen molar-refractivity contribution in [2.24, 2.45) is 0 Å². The third-order valence-electron chi connectivity index (χ3n) is 5.89. The van der Waals surface area contributed by atoms with Crippen LogP contribution in [0.25, 0.3) is 0 Å². The number of rotatable bonds is 3. The van der Waals surface area contributed by atoms with Gasteiger partial charge in [0.15, 0.2) is 5.78 Å². The molecule has 5 heteroatoms. The minimum atomic E-state index is -0.233. The highest BCUT2D eigenvalue weighted by Crippen LogP contribution is 2.44. The van der Waals surface area contributed by atoms with Gasteiger partial charge in [0.2, 0.25) is 0 Å². The summed E-state index contributed by atoms with van der Waals surface area (Å²) in [6, 6.07) is 19.8. The first-order valence-corrected chi connectivity index (χ1v) is 10.2. The van der Waals surface area contributed by atoms with E-state index in [2.05, 4.69) is 21.7 Å². The van der Waals surface area contributed by atoms with E-state index >= 15 is 0 Å². The lowest BCUT2D eigenvalue weighted by Crippen LogP contribution is -2.26. The van der Waals surface area contributed by atoms with E-state index in [9.17, 15) is 4.79 Å². The number of nitrogens with one attached hydrogen (secondary N) is 2. The summed E-state index contributed by atoms with van der Waals surface area (Å²) >= 11 is 0. The number of allylic oxidation sites excluding steroid dienone is 1. The first-order chi connectivity index (χ1) is 14.7. The van der Waals surface area contributed by atoms with Gasteiger partial charge in [0.1, 0.15) is 5.75 Å². The Morgan fingerprint density at radius 3 is 2.60 bits per heavy atom. The van der Waals surface area contributed by atoms with Gasteiger partial charge < -0.3 is 15.4 Å². The zero-order chi connectivity index (χ0) is 20.5. The Morgan fingerprint density at radius 2 is 1.80 bits per heavy atom. The maximum Gasteiger partial charge on any atom is 0.163 e. The summed E-state index contributed by atoms with van der Waals surface area (Å²) < 4.78 is 5.39. The Kier molecular flexibility index (Phi) is 4.71. The number of fused-ring (bicyclic) bond motifs is 1. The van der Waals surface area contributed by atoms with Crippen LogP contribution in [0.1, 0.15) is 35.9 Å². The molecular weight excluding hydrogens is 374 g/mol. The zero-order valence-electron chi connectivity index (χ0n) is 16.8. The molecule has 0 radical (unpaired) electrons. The minimum absolute atomic E-state index is 0.110. The lowest BCUT2D eigenvalue weighted by molar-refractivity contribution is -0.116. The molecule has 0 unspecified atom stereocenters. The van der Waals surface area contributed by atoms with E-state index in [-0.39, 0.29) is 17.7 Å². The molecule has 3 aromatic rings. The van der Waals surface area contributed by atoms with Crippen LogP contribution in [0.4, 0.5) is 11.4 Å². The Hall–Kier alpha value is -3.60. The molecule has 2 aliphatic rings. The number of hydrogen-bond acceptors (Lipinski definition) is 5. The Balaban J connectivity index is 1.59. The Morgan fingerprint density at radius 1 is 0.967 bits per heavy atom. The second-order valence-electron chi connectivity index (χ2n) is 7.73. The molecule has 2 N–H and O–H groups in total. The summed E-state index contributed by atoms with van der Waals surface area (Å²) in [4.78, 5) is 17.7. The van der Waals surface area contributed by atoms with Gasteiger partial charge in [0.05, 0.1) is 24.5 Å². The number of ether oxygens (including phenoxy) is 1. The van der Waals surface area contributed by atoms with Gasteiger partial charge in [-0.2, -0.15) is 0 Å². The first kappa shape index (κ1) is 18.4. The summed E-state index contributed by atoms with van der Waals surface area (Å²) in [5.41, 5.74) is 5.85. The molecule has 0 saturated heterocycles. The molecule has 150 valence electrons. The van der Waals surface area contributed by atoms with Gasteiger partial charge in [0, 0.05) is 30.1 Å². The number of anilines is 2. The fourth-order valence-electron chi connectivity index (χ4n) is 4.42. The van der Waals surface area contributed by atoms with E-state index in [4.69, 9.17) is 4.74 Å². The van der Waals surface area contributed by atoms with Crippen molar-refractivity contribution in [3.8, 4) is 5.75 Å². The van der Waals surface area contributed by atoms with Crippen molar-refractivity contribution in [2.45, 2.75) is 24.8 Å². The SMILES string of the molecule is COc1cccc([C@H]2CC(=O)C3=C(C2)Nc2ccccc2N[C@H]3c2cccnc2)c1. The predicted octanol–water partition coefficient (Wildman–Crippen LogP) is 5.07. The van der Waals surface area contributed by atoms with Crippen molar-refractivity contribution in [3.05, 3.63) is 95.5 Å². The van der Waals surface area contributed by atoms with Crippen LogP contribution in [0.15, 0.2) is 84.3 Å². The van der Waals surface area contributed by atoms with E-state index in [1.165, 1.54) is 0 Å². The molecule has 5 nitrogen and oxygen atoms in total. The lowest BCUT2D eigenvalue weighted by atomic mass is 9.78. The third-order valence-corrected chi connectivity index (χ3v) is 5.89. The second-order valence-corrected chi connectivity index (χ2v) is 7.73. The fraction of sp³-hybridized carbons (Fsp3) is 0.200. The van der Waals surface area contributed by atoms with Gasteiger partial charge in [-0.25, -0.2) is 0 Å². The van der Waals surface area contributed by atoms with Crippen LogP contribution in [0.3, 0.4) is 0 Å². The number of methoxy groups -OCH3 is 1. The van der Waals surface area contributed by atoms with Crippen molar-refractivity contribution in [2.75, 3.05) is 17.7 Å². The molecule has 2 heterocycles. The van der Waals surface area contributed by atoms with Crippen molar-refractivity contribution in [3.63, 3.8) is 0 Å². The van der Waals surface area contributed by atoms with E-state index in [1.54, 1.807) is 13.3 Å². The molecule has 0 spiro atoms. The average Bonchev–Trinajstić information content (AvgIpc) is 2.96. The molecule has 0 fully saturated rings. The molecule has 1 aromatic heterocycles. The summed E-state index contributed by atoms with van der Waals surface area (Å²) in [6.45, 7) is 0. The van der Waals surface area contributed by atoms with Crippen LogP contribution < -0.4 is 15.4 Å². The summed E-state index contributed by atoms with van der Waals surface area (Å²) in [5.74, 6) is 1.08. The largest absolute Gasteiger partial charge is 0.497 e. The molecule has 0 bridgehead atoms. The molecule has 1 aliphatic carbocycles. The van der Waals surface area contributed by atoms with Crippen LogP contribution in [0.2, 0.25) is 0 Å². The Labute approximate surface area is 175 Å². The number of nitrogens with zero attached hydrogens (tertiary/aromatic N) is 1. The molecule has 0 amide bonds. The van der Waals surface area contributed by atoms with Crippen molar-refractivity contribution in [1.82, 2.24) is 4.98 Å². The van der Waals surface area contributed by atoms with Crippen LogP contribution >= 0.6 is 0 Å². The molecule has 2 aromatic carbocycles. The monoisotopic (exact) mass is 397 g/mol. The molecule has 5 rings (SSSR count). The lowest BCUT2D eigenvalue weighted by Gasteiger charge is -2.30. The van der Waals surface area contributed by atoms with Gasteiger partial charge in [-0.15, -0.1) is 0 Å². The standard InChI is InChI=1S/C25H23N3O2/c1-30-19-8-4-6-16(12-19)18-13-22-24(23(29)14-18)25(17-7-5-11-26-15-17)28-21-10-3-2-9-20(21)27-22/h2-12,15,18,25,27-28H,13-14H2,1H3/t18-,25+/m1/s1.